The van der Waals surface area contributed by atoms with E-state index in [0.717, 1.165) is 25.3 Å². The fourth-order valence-electron chi connectivity index (χ4n) is 3.18. The van der Waals surface area contributed by atoms with E-state index in [2.05, 4.69) is 4.98 Å². The Hall–Kier alpha value is -2.31. The second-order valence-corrected chi connectivity index (χ2v) is 6.61. The number of imidazole rings is 1. The molecule has 1 amide bonds. The van der Waals surface area contributed by atoms with Crippen LogP contribution >= 0.6 is 0 Å². The molecule has 0 aliphatic heterocycles. The van der Waals surface area contributed by atoms with Crippen LogP contribution in [-0.2, 0) is 24.1 Å². The Balaban J connectivity index is 1.78. The summed E-state index contributed by atoms with van der Waals surface area (Å²) in [5.41, 5.74) is -0.454. The van der Waals surface area contributed by atoms with Crippen molar-refractivity contribution in [2.45, 2.75) is 45.5 Å². The van der Waals surface area contributed by atoms with Gasteiger partial charge in [-0.1, -0.05) is 24.6 Å². The Morgan fingerprint density at radius 1 is 1.31 bits per heavy atom. The van der Waals surface area contributed by atoms with Gasteiger partial charge in [0.15, 0.2) is 0 Å². The van der Waals surface area contributed by atoms with E-state index in [0.29, 0.717) is 18.9 Å². The topological polar surface area (TPSA) is 38.1 Å². The predicted molar refractivity (Wildman–Crippen MR) is 91.2 cm³/mol. The molecular weight excluding hydrogens is 343 g/mol. The van der Waals surface area contributed by atoms with Gasteiger partial charge in [-0.15, -0.1) is 0 Å². The number of benzene rings is 1. The van der Waals surface area contributed by atoms with Gasteiger partial charge in [-0.25, -0.2) is 4.98 Å². The molecular formula is C19H22F3N3O. The minimum atomic E-state index is -4.40. The summed E-state index contributed by atoms with van der Waals surface area (Å²) in [4.78, 5) is 18.5. The lowest BCUT2D eigenvalue weighted by atomic mass is 9.84. The summed E-state index contributed by atoms with van der Waals surface area (Å²) in [6.07, 6.45) is 1.74. The average molecular weight is 365 g/mol. The lowest BCUT2D eigenvalue weighted by molar-refractivity contribution is -0.139. The fraction of sp³-hybridized carbons (Fsp3) is 0.474. The Bertz CT molecular complexity index is 765. The van der Waals surface area contributed by atoms with Gasteiger partial charge in [0.25, 0.3) is 0 Å². The number of aromatic nitrogens is 2. The van der Waals surface area contributed by atoms with E-state index in [4.69, 9.17) is 0 Å². The number of hydrogen-bond acceptors (Lipinski definition) is 2. The molecule has 0 saturated heterocycles. The first-order chi connectivity index (χ1) is 12.4. The first-order valence-corrected chi connectivity index (χ1v) is 8.84. The number of nitrogens with zero attached hydrogens (tertiary/aromatic N) is 3. The Morgan fingerprint density at radius 3 is 2.65 bits per heavy atom. The second kappa shape index (κ2) is 7.51. The molecule has 0 unspecified atom stereocenters. The molecule has 2 aromatic rings. The van der Waals surface area contributed by atoms with Gasteiger partial charge in [0, 0.05) is 31.4 Å². The molecule has 0 radical (unpaired) electrons. The molecule has 1 aromatic carbocycles. The molecule has 1 aliphatic carbocycles. The normalized spacial score (nSPS) is 14.9. The molecule has 140 valence electrons. The summed E-state index contributed by atoms with van der Waals surface area (Å²) in [5, 5.41) is 0. The maximum absolute atomic E-state index is 13.2. The van der Waals surface area contributed by atoms with Crippen molar-refractivity contribution in [2.75, 3.05) is 6.54 Å². The summed E-state index contributed by atoms with van der Waals surface area (Å²) >= 11 is 0. The van der Waals surface area contributed by atoms with Crippen LogP contribution < -0.4 is 0 Å². The first kappa shape index (κ1) is 18.5. The van der Waals surface area contributed by atoms with E-state index in [1.807, 2.05) is 6.92 Å². The maximum atomic E-state index is 13.2. The fourth-order valence-corrected chi connectivity index (χ4v) is 3.18. The monoisotopic (exact) mass is 365 g/mol. The molecule has 4 nitrogen and oxygen atoms in total. The van der Waals surface area contributed by atoms with Gasteiger partial charge in [-0.2, -0.15) is 13.2 Å². The van der Waals surface area contributed by atoms with Crippen LogP contribution in [0.15, 0.2) is 36.7 Å². The van der Waals surface area contributed by atoms with Crippen molar-refractivity contribution in [2.24, 2.45) is 5.92 Å². The number of alkyl halides is 3. The van der Waals surface area contributed by atoms with Crippen LogP contribution in [0, 0.1) is 5.92 Å². The van der Waals surface area contributed by atoms with Crippen molar-refractivity contribution < 1.29 is 18.0 Å². The summed E-state index contributed by atoms with van der Waals surface area (Å²) in [5.74, 6) is 0.796. The minimum Gasteiger partial charge on any atom is -0.335 e. The molecule has 1 aliphatic rings. The van der Waals surface area contributed by atoms with Gasteiger partial charge < -0.3 is 9.47 Å². The summed E-state index contributed by atoms with van der Waals surface area (Å²) in [6.45, 7) is 2.84. The smallest absolute Gasteiger partial charge is 0.335 e. The lowest BCUT2D eigenvalue weighted by Gasteiger charge is -2.31. The zero-order valence-corrected chi connectivity index (χ0v) is 14.7. The summed E-state index contributed by atoms with van der Waals surface area (Å²) < 4.78 is 41.3. The standard InChI is InChI=1S/C19H22F3N3O/c1-2-24(18(26)14-7-5-8-14)13-17-23-10-11-25(17)12-15-6-3-4-9-16(15)19(20,21)22/h3-4,6,9-11,14H,2,5,7-8,12-13H2,1H3. The third-order valence-electron chi connectivity index (χ3n) is 4.95. The molecule has 1 aromatic heterocycles. The van der Waals surface area contributed by atoms with Gasteiger partial charge in [0.2, 0.25) is 5.91 Å². The maximum Gasteiger partial charge on any atom is 0.416 e. The number of amides is 1. The van der Waals surface area contributed by atoms with Crippen LogP contribution in [0.25, 0.3) is 0 Å². The third-order valence-corrected chi connectivity index (χ3v) is 4.95. The number of halogens is 3. The van der Waals surface area contributed by atoms with Crippen molar-refractivity contribution >= 4 is 5.91 Å². The molecule has 0 spiro atoms. The molecule has 0 bridgehead atoms. The Morgan fingerprint density at radius 2 is 2.04 bits per heavy atom. The van der Waals surface area contributed by atoms with Crippen LogP contribution in [0.5, 0.6) is 0 Å². The third kappa shape index (κ3) is 3.92. The molecule has 7 heteroatoms. The van der Waals surface area contributed by atoms with Crippen LogP contribution in [0.4, 0.5) is 13.2 Å². The highest BCUT2D eigenvalue weighted by molar-refractivity contribution is 5.79. The van der Waals surface area contributed by atoms with Crippen molar-refractivity contribution in [3.8, 4) is 0 Å². The summed E-state index contributed by atoms with van der Waals surface area (Å²) in [7, 11) is 0. The average Bonchev–Trinajstić information content (AvgIpc) is 2.97. The van der Waals surface area contributed by atoms with E-state index in [9.17, 15) is 18.0 Å². The molecule has 26 heavy (non-hydrogen) atoms. The van der Waals surface area contributed by atoms with E-state index in [1.54, 1.807) is 27.9 Å². The Kier molecular flexibility index (Phi) is 5.34. The Labute approximate surface area is 150 Å². The quantitative estimate of drug-likeness (QED) is 0.773. The van der Waals surface area contributed by atoms with Crippen LogP contribution in [0.2, 0.25) is 0 Å². The van der Waals surface area contributed by atoms with Crippen molar-refractivity contribution in [1.29, 1.82) is 0 Å². The minimum absolute atomic E-state index is 0.0696. The second-order valence-electron chi connectivity index (χ2n) is 6.61. The van der Waals surface area contributed by atoms with Crippen molar-refractivity contribution in [1.82, 2.24) is 14.5 Å². The van der Waals surface area contributed by atoms with E-state index in [-0.39, 0.29) is 23.9 Å². The summed E-state index contributed by atoms with van der Waals surface area (Å²) in [6, 6.07) is 5.55. The molecule has 1 fully saturated rings. The molecule has 0 atom stereocenters. The highest BCUT2D eigenvalue weighted by atomic mass is 19.4. The van der Waals surface area contributed by atoms with E-state index in [1.165, 1.54) is 12.1 Å². The highest BCUT2D eigenvalue weighted by Gasteiger charge is 2.33. The number of carbonyl (C=O) groups excluding carboxylic acids is 1. The van der Waals surface area contributed by atoms with Gasteiger partial charge in [-0.05, 0) is 31.4 Å². The van der Waals surface area contributed by atoms with Crippen LogP contribution in [0.1, 0.15) is 43.1 Å². The predicted octanol–water partition coefficient (Wildman–Crippen LogP) is 4.10. The first-order valence-electron chi connectivity index (χ1n) is 8.84. The largest absolute Gasteiger partial charge is 0.416 e. The molecule has 1 heterocycles. The zero-order chi connectivity index (χ0) is 18.7. The number of hydrogen-bond donors (Lipinski definition) is 0. The van der Waals surface area contributed by atoms with Gasteiger partial charge >= 0.3 is 6.18 Å². The van der Waals surface area contributed by atoms with Gasteiger partial charge in [-0.3, -0.25) is 4.79 Å². The molecule has 1 saturated carbocycles. The molecule has 3 rings (SSSR count). The van der Waals surface area contributed by atoms with E-state index < -0.39 is 11.7 Å². The van der Waals surface area contributed by atoms with Crippen LogP contribution in [0.3, 0.4) is 0 Å². The lowest BCUT2D eigenvalue weighted by Crippen LogP contribution is -2.39. The van der Waals surface area contributed by atoms with Gasteiger partial charge in [0.1, 0.15) is 5.82 Å². The van der Waals surface area contributed by atoms with Crippen molar-refractivity contribution in [3.05, 3.63) is 53.6 Å². The SMILES string of the molecule is CCN(Cc1nccn1Cc1ccccc1C(F)(F)F)C(=O)C1CCC1. The number of rotatable bonds is 6. The molecule has 0 N–H and O–H groups in total. The van der Waals surface area contributed by atoms with Gasteiger partial charge in [0.05, 0.1) is 12.1 Å². The van der Waals surface area contributed by atoms with E-state index >= 15 is 0 Å². The zero-order valence-electron chi connectivity index (χ0n) is 14.7. The highest BCUT2D eigenvalue weighted by Crippen LogP contribution is 2.32. The van der Waals surface area contributed by atoms with Crippen molar-refractivity contribution in [3.63, 3.8) is 0 Å². The van der Waals surface area contributed by atoms with Crippen LogP contribution in [-0.4, -0.2) is 26.9 Å². The number of carbonyl (C=O) groups is 1.